The maximum Gasteiger partial charge on any atom is 0.339 e. The molecular weight excluding hydrogens is 468 g/mol. The zero-order valence-electron chi connectivity index (χ0n) is 19.9. The summed E-state index contributed by atoms with van der Waals surface area (Å²) in [7, 11) is -3.12. The number of sulfone groups is 1. The van der Waals surface area contributed by atoms with E-state index in [0.717, 1.165) is 24.1 Å². The molecule has 5 rings (SSSR count). The van der Waals surface area contributed by atoms with E-state index in [1.165, 1.54) is 6.92 Å². The number of esters is 1. The Balaban J connectivity index is 1.44. The van der Waals surface area contributed by atoms with E-state index < -0.39 is 27.8 Å². The van der Waals surface area contributed by atoms with Gasteiger partial charge in [-0.05, 0) is 58.2 Å². The summed E-state index contributed by atoms with van der Waals surface area (Å²) < 4.78 is 31.4. The minimum atomic E-state index is -3.12. The van der Waals surface area contributed by atoms with Crippen molar-refractivity contribution in [3.05, 3.63) is 52.8 Å². The molecule has 2 unspecified atom stereocenters. The van der Waals surface area contributed by atoms with E-state index in [9.17, 15) is 18.0 Å². The van der Waals surface area contributed by atoms with Crippen molar-refractivity contribution >= 4 is 38.4 Å². The Hall–Kier alpha value is -3.27. The number of hydrogen-bond donors (Lipinski definition) is 1. The van der Waals surface area contributed by atoms with Crippen molar-refractivity contribution in [1.29, 1.82) is 0 Å². The van der Waals surface area contributed by atoms with Gasteiger partial charge in [-0.15, -0.1) is 0 Å². The molecule has 1 saturated heterocycles. The van der Waals surface area contributed by atoms with Crippen LogP contribution in [-0.2, 0) is 19.4 Å². The Bertz CT molecular complexity index is 1420. The molecule has 184 valence electrons. The molecule has 0 bridgehead atoms. The maximum atomic E-state index is 13.3. The largest absolute Gasteiger partial charge is 0.449 e. The lowest BCUT2D eigenvalue weighted by Crippen LogP contribution is -2.30. The lowest BCUT2D eigenvalue weighted by Gasteiger charge is -2.15. The second-order valence-electron chi connectivity index (χ2n) is 9.56. The molecular formula is C25H28N4O5S. The van der Waals surface area contributed by atoms with Crippen LogP contribution in [0, 0.1) is 13.8 Å². The predicted molar refractivity (Wildman–Crippen MR) is 131 cm³/mol. The molecule has 2 aliphatic rings. The number of aromatic nitrogens is 3. The van der Waals surface area contributed by atoms with Crippen LogP contribution in [0.15, 0.2) is 30.3 Å². The van der Waals surface area contributed by atoms with Gasteiger partial charge in [-0.25, -0.2) is 22.9 Å². The lowest BCUT2D eigenvalue weighted by molar-refractivity contribution is -0.123. The van der Waals surface area contributed by atoms with Crippen molar-refractivity contribution in [2.75, 3.05) is 16.8 Å². The molecule has 1 aliphatic heterocycles. The van der Waals surface area contributed by atoms with Gasteiger partial charge in [0.2, 0.25) is 0 Å². The maximum absolute atomic E-state index is 13.3. The van der Waals surface area contributed by atoms with Crippen molar-refractivity contribution in [1.82, 2.24) is 14.8 Å². The molecule has 1 aromatic carbocycles. The van der Waals surface area contributed by atoms with Gasteiger partial charge < -0.3 is 10.1 Å². The number of amides is 1. The third-order valence-electron chi connectivity index (χ3n) is 6.60. The number of rotatable bonds is 6. The first kappa shape index (κ1) is 23.5. The first-order valence-electron chi connectivity index (χ1n) is 11.8. The Labute approximate surface area is 203 Å². The van der Waals surface area contributed by atoms with Gasteiger partial charge in [-0.3, -0.25) is 4.79 Å². The van der Waals surface area contributed by atoms with Gasteiger partial charge in [0.25, 0.3) is 5.91 Å². The van der Waals surface area contributed by atoms with Crippen molar-refractivity contribution in [3.8, 4) is 0 Å². The molecule has 1 saturated carbocycles. The summed E-state index contributed by atoms with van der Waals surface area (Å²) in [6.07, 6.45) is 1.40. The van der Waals surface area contributed by atoms with E-state index in [0.29, 0.717) is 34.4 Å². The molecule has 3 aromatic rings. The fourth-order valence-electron chi connectivity index (χ4n) is 4.46. The second-order valence-corrected chi connectivity index (χ2v) is 11.8. The van der Waals surface area contributed by atoms with Crippen LogP contribution in [0.3, 0.4) is 0 Å². The van der Waals surface area contributed by atoms with Gasteiger partial charge >= 0.3 is 5.97 Å². The van der Waals surface area contributed by atoms with Gasteiger partial charge in [-0.2, -0.15) is 5.10 Å². The molecule has 1 aliphatic carbocycles. The SMILES string of the molecule is Cc1ccc(NC(=O)C(C)OC(=O)c2cc(C3CC3)nc3c2c(C)nn3C2CCS(=O)(=O)C2)cc1. The molecule has 2 fully saturated rings. The molecule has 0 spiro atoms. The zero-order valence-corrected chi connectivity index (χ0v) is 20.8. The van der Waals surface area contributed by atoms with Crippen molar-refractivity contribution in [2.24, 2.45) is 0 Å². The fraction of sp³-hybridized carbons (Fsp3) is 0.440. The molecule has 1 amide bonds. The topological polar surface area (TPSA) is 120 Å². The fourth-order valence-corrected chi connectivity index (χ4v) is 6.15. The standard InChI is InChI=1S/C25H28N4O5S/c1-14-4-8-18(9-5-14)26-24(30)16(3)34-25(31)20-12-21(17-6-7-17)27-23-22(20)15(2)28-29(23)19-10-11-35(32,33)13-19/h4-5,8-9,12,16-17,19H,6-7,10-11,13H2,1-3H3,(H,26,30). The van der Waals surface area contributed by atoms with Crippen LogP contribution in [-0.4, -0.2) is 52.7 Å². The summed E-state index contributed by atoms with van der Waals surface area (Å²) in [4.78, 5) is 30.7. The van der Waals surface area contributed by atoms with Crippen LogP contribution in [0.5, 0.6) is 0 Å². The number of nitrogens with one attached hydrogen (secondary N) is 1. The van der Waals surface area contributed by atoms with Crippen LogP contribution in [0.1, 0.15) is 65.5 Å². The molecule has 9 nitrogen and oxygen atoms in total. The highest BCUT2D eigenvalue weighted by Gasteiger charge is 2.34. The first-order valence-corrected chi connectivity index (χ1v) is 13.6. The summed E-state index contributed by atoms with van der Waals surface area (Å²) in [5.74, 6) is -0.688. The highest BCUT2D eigenvalue weighted by molar-refractivity contribution is 7.91. The number of aryl methyl sites for hydroxylation is 2. The Kier molecular flexibility index (Phi) is 5.86. The van der Waals surface area contributed by atoms with Crippen molar-refractivity contribution in [2.45, 2.75) is 58.1 Å². The van der Waals surface area contributed by atoms with E-state index in [4.69, 9.17) is 9.72 Å². The number of ether oxygens (including phenoxy) is 1. The van der Waals surface area contributed by atoms with E-state index >= 15 is 0 Å². The van der Waals surface area contributed by atoms with Crippen LogP contribution in [0.2, 0.25) is 0 Å². The molecule has 2 atom stereocenters. The van der Waals surface area contributed by atoms with Gasteiger partial charge in [0, 0.05) is 17.3 Å². The highest BCUT2D eigenvalue weighted by atomic mass is 32.2. The molecule has 1 N–H and O–H groups in total. The third-order valence-corrected chi connectivity index (χ3v) is 8.35. The van der Waals surface area contributed by atoms with Crippen LogP contribution in [0.4, 0.5) is 5.69 Å². The van der Waals surface area contributed by atoms with Crippen LogP contribution >= 0.6 is 0 Å². The van der Waals surface area contributed by atoms with Gasteiger partial charge in [0.1, 0.15) is 0 Å². The number of carbonyl (C=O) groups excluding carboxylic acids is 2. The minimum absolute atomic E-state index is 0.00848. The van der Waals surface area contributed by atoms with Crippen molar-refractivity contribution < 1.29 is 22.7 Å². The summed E-state index contributed by atoms with van der Waals surface area (Å²) >= 11 is 0. The number of anilines is 1. The van der Waals surface area contributed by atoms with E-state index in [2.05, 4.69) is 10.4 Å². The quantitative estimate of drug-likeness (QED) is 0.519. The molecule has 10 heteroatoms. The Morgan fingerprint density at radius 3 is 2.49 bits per heavy atom. The zero-order chi connectivity index (χ0) is 24.9. The second kappa shape index (κ2) is 8.75. The number of carbonyl (C=O) groups is 2. The van der Waals surface area contributed by atoms with Crippen molar-refractivity contribution in [3.63, 3.8) is 0 Å². The van der Waals surface area contributed by atoms with Crippen LogP contribution in [0.25, 0.3) is 11.0 Å². The third kappa shape index (κ3) is 4.80. The molecule has 35 heavy (non-hydrogen) atoms. The van der Waals surface area contributed by atoms with Crippen LogP contribution < -0.4 is 5.32 Å². The summed E-state index contributed by atoms with van der Waals surface area (Å²) in [5.41, 5.74) is 3.83. The smallest absolute Gasteiger partial charge is 0.339 e. The van der Waals surface area contributed by atoms with E-state index in [1.54, 1.807) is 29.8 Å². The molecule has 2 aromatic heterocycles. The Morgan fingerprint density at radius 1 is 1.14 bits per heavy atom. The minimum Gasteiger partial charge on any atom is -0.449 e. The molecule has 3 heterocycles. The number of hydrogen-bond acceptors (Lipinski definition) is 7. The Morgan fingerprint density at radius 2 is 1.86 bits per heavy atom. The summed E-state index contributed by atoms with van der Waals surface area (Å²) in [5, 5.41) is 7.88. The lowest BCUT2D eigenvalue weighted by atomic mass is 10.1. The number of nitrogens with zero attached hydrogens (tertiary/aromatic N) is 3. The van der Waals surface area contributed by atoms with Gasteiger partial charge in [-0.1, -0.05) is 17.7 Å². The van der Waals surface area contributed by atoms with Gasteiger partial charge in [0.05, 0.1) is 34.2 Å². The normalized spacial score (nSPS) is 20.0. The predicted octanol–water partition coefficient (Wildman–Crippen LogP) is 3.47. The van der Waals surface area contributed by atoms with E-state index in [1.807, 2.05) is 19.1 Å². The number of benzene rings is 1. The summed E-state index contributed by atoms with van der Waals surface area (Å²) in [6, 6.07) is 8.76. The number of pyridine rings is 1. The van der Waals surface area contributed by atoms with E-state index in [-0.39, 0.29) is 23.5 Å². The monoisotopic (exact) mass is 496 g/mol. The average Bonchev–Trinajstić information content (AvgIpc) is 3.53. The molecule has 0 radical (unpaired) electrons. The van der Waals surface area contributed by atoms with Gasteiger partial charge in [0.15, 0.2) is 21.6 Å². The first-order chi connectivity index (χ1) is 16.6. The average molecular weight is 497 g/mol. The number of fused-ring (bicyclic) bond motifs is 1. The summed E-state index contributed by atoms with van der Waals surface area (Å²) in [6.45, 7) is 5.25. The highest BCUT2D eigenvalue weighted by Crippen LogP contribution is 2.41.